The first-order chi connectivity index (χ1) is 26.2. The standard InChI is InChI=1S/C42H58FN3O10/c1-11-31-42(8)34(45-39(51)56-42)25(4)32(47)23(2)21-40(6,52-18-14-15-27-20-28-16-12-13-17-29(28)44-22-27)36(26(5)35(49)41(7,43)38(50)54-31)55-37-33(48)30(46(9)10)19-24(3)53-37/h12-17,20,22-26,30-31,33-34,36-37,48H,11,18-19,21H2,1-10H3,(H,45,51)/b15-14+/t23-,24-,25+,26+,30+,31-,33-,34+,36-,37+,40-,41+,42-/m1/s1. The first kappa shape index (κ1) is 43.3. The van der Waals surface area contributed by atoms with Crippen molar-refractivity contribution in [3.05, 3.63) is 48.2 Å². The Balaban J connectivity index is 1.58. The van der Waals surface area contributed by atoms with Gasteiger partial charge in [-0.25, -0.2) is 14.0 Å². The number of carbonyl (C=O) groups is 4. The van der Waals surface area contributed by atoms with Gasteiger partial charge in [-0.3, -0.25) is 14.6 Å². The molecule has 0 aliphatic carbocycles. The van der Waals surface area contributed by atoms with Crippen LogP contribution >= 0.6 is 0 Å². The molecule has 0 unspecified atom stereocenters. The van der Waals surface area contributed by atoms with E-state index in [2.05, 4.69) is 10.3 Å². The third kappa shape index (κ3) is 8.69. The van der Waals surface area contributed by atoms with Gasteiger partial charge in [-0.05, 0) is 78.7 Å². The predicted molar refractivity (Wildman–Crippen MR) is 206 cm³/mol. The van der Waals surface area contributed by atoms with Gasteiger partial charge in [0.25, 0.3) is 5.67 Å². The summed E-state index contributed by atoms with van der Waals surface area (Å²) in [7, 11) is 3.64. The zero-order chi connectivity index (χ0) is 41.3. The van der Waals surface area contributed by atoms with E-state index in [1.54, 1.807) is 40.0 Å². The molecule has 14 heteroatoms. The number of Topliss-reactive ketones (excluding diaryl/α,β-unsaturated/α-hetero) is 2. The van der Waals surface area contributed by atoms with Crippen LogP contribution in [0.15, 0.2) is 42.6 Å². The number of aromatic nitrogens is 1. The van der Waals surface area contributed by atoms with Gasteiger partial charge in [0.1, 0.15) is 18.0 Å². The molecule has 1 aromatic heterocycles. The Labute approximate surface area is 328 Å². The molecule has 56 heavy (non-hydrogen) atoms. The number of amides is 1. The molecule has 13 atom stereocenters. The summed E-state index contributed by atoms with van der Waals surface area (Å²) in [5, 5.41) is 15.2. The van der Waals surface area contributed by atoms with Crippen molar-refractivity contribution >= 4 is 40.6 Å². The molecule has 2 aromatic rings. The molecule has 3 aliphatic heterocycles. The second-order valence-electron chi connectivity index (χ2n) is 16.6. The Kier molecular flexibility index (Phi) is 13.1. The van der Waals surface area contributed by atoms with Crippen molar-refractivity contribution in [1.29, 1.82) is 0 Å². The number of nitrogens with zero attached hydrogens (tertiary/aromatic N) is 2. The summed E-state index contributed by atoms with van der Waals surface area (Å²) in [5.41, 5.74) is -4.64. The number of aliphatic hydroxyl groups is 1. The molecule has 4 heterocycles. The van der Waals surface area contributed by atoms with Gasteiger partial charge in [0.15, 0.2) is 17.7 Å². The van der Waals surface area contributed by atoms with Gasteiger partial charge in [0.2, 0.25) is 0 Å². The third-order valence-corrected chi connectivity index (χ3v) is 11.9. The van der Waals surface area contributed by atoms with E-state index in [-0.39, 0.29) is 37.4 Å². The van der Waals surface area contributed by atoms with Crippen LogP contribution in [0.2, 0.25) is 0 Å². The summed E-state index contributed by atoms with van der Waals surface area (Å²) in [6.07, 6.45) is -0.362. The first-order valence-corrected chi connectivity index (χ1v) is 19.5. The van der Waals surface area contributed by atoms with Gasteiger partial charge in [-0.2, -0.15) is 0 Å². The molecule has 308 valence electrons. The molecule has 13 nitrogen and oxygen atoms in total. The number of hydrogen-bond acceptors (Lipinski definition) is 12. The quantitative estimate of drug-likeness (QED) is 0.266. The molecule has 0 bridgehead atoms. The molecule has 0 radical (unpaired) electrons. The number of fused-ring (bicyclic) bond motifs is 2. The van der Waals surface area contributed by atoms with Crippen LogP contribution in [0.4, 0.5) is 9.18 Å². The summed E-state index contributed by atoms with van der Waals surface area (Å²) >= 11 is 0. The van der Waals surface area contributed by atoms with E-state index < -0.39 is 83.1 Å². The smallest absolute Gasteiger partial charge is 0.408 e. The lowest BCUT2D eigenvalue weighted by Crippen LogP contribution is -2.61. The second kappa shape index (κ2) is 17.0. The molecule has 1 amide bonds. The fraction of sp³-hybridized carbons (Fsp3) is 0.643. The molecule has 2 N–H and O–H groups in total. The zero-order valence-electron chi connectivity index (χ0n) is 34.1. The maximum absolute atomic E-state index is 16.9. The highest BCUT2D eigenvalue weighted by Gasteiger charge is 2.59. The van der Waals surface area contributed by atoms with E-state index in [0.717, 1.165) is 23.4 Å². The molecular formula is C42H58FN3O10. The van der Waals surface area contributed by atoms with Crippen LogP contribution in [0.5, 0.6) is 0 Å². The van der Waals surface area contributed by atoms with Crippen molar-refractivity contribution in [3.8, 4) is 0 Å². The summed E-state index contributed by atoms with van der Waals surface area (Å²) < 4.78 is 47.6. The SMILES string of the molecule is CC[C@H]1OC(=O)[C@@](C)(F)C(=O)[C@H](C)[C@@H](O[C@@H]2O[C@H](C)C[C@H](N(C)C)[C@H]2O)[C@](C)(OC/C=C/c2cnc3ccccc3c2)C[C@@H](C)C(=O)[C@H](C)[C@@H]2NC(=O)O[C@]12C. The number of aliphatic hydroxyl groups excluding tert-OH is 1. The third-order valence-electron chi connectivity index (χ3n) is 11.9. The average Bonchev–Trinajstić information content (AvgIpc) is 3.47. The van der Waals surface area contributed by atoms with Gasteiger partial charge in [-0.1, -0.05) is 58.0 Å². The van der Waals surface area contributed by atoms with Crippen LogP contribution in [-0.4, -0.2) is 119 Å². The number of alkyl halides is 1. The van der Waals surface area contributed by atoms with Crippen LogP contribution < -0.4 is 5.32 Å². The largest absolute Gasteiger partial charge is 0.455 e. The van der Waals surface area contributed by atoms with E-state index in [1.807, 2.05) is 62.3 Å². The van der Waals surface area contributed by atoms with Crippen LogP contribution in [0, 0.1) is 17.8 Å². The van der Waals surface area contributed by atoms with Crippen LogP contribution in [0.3, 0.4) is 0 Å². The Bertz CT molecular complexity index is 1800. The Morgan fingerprint density at radius 3 is 2.45 bits per heavy atom. The van der Waals surface area contributed by atoms with Crippen molar-refractivity contribution in [2.45, 2.75) is 134 Å². The van der Waals surface area contributed by atoms with Crippen LogP contribution in [0.25, 0.3) is 17.0 Å². The fourth-order valence-corrected chi connectivity index (χ4v) is 8.73. The molecule has 3 saturated heterocycles. The van der Waals surface area contributed by atoms with E-state index in [9.17, 15) is 24.3 Å². The monoisotopic (exact) mass is 783 g/mol. The lowest BCUT2D eigenvalue weighted by Gasteiger charge is -2.47. The number of hydrogen-bond donors (Lipinski definition) is 2. The molecule has 5 rings (SSSR count). The Morgan fingerprint density at radius 1 is 1.07 bits per heavy atom. The number of alkyl carbamates (subject to hydrolysis) is 1. The summed E-state index contributed by atoms with van der Waals surface area (Å²) in [6, 6.07) is 8.34. The van der Waals surface area contributed by atoms with Crippen LogP contribution in [0.1, 0.15) is 80.2 Å². The number of carbonyl (C=O) groups excluding carboxylic acids is 4. The van der Waals surface area contributed by atoms with Crippen LogP contribution in [-0.2, 0) is 38.1 Å². The van der Waals surface area contributed by atoms with Crippen molar-refractivity contribution in [2.75, 3.05) is 20.7 Å². The number of likely N-dealkylation sites (N-methyl/N-ethyl adjacent to an activating group) is 1. The topological polar surface area (TPSA) is 163 Å². The van der Waals surface area contributed by atoms with E-state index in [4.69, 9.17) is 23.7 Å². The number of para-hydroxylation sites is 1. The van der Waals surface area contributed by atoms with Gasteiger partial charge < -0.3 is 39.0 Å². The van der Waals surface area contributed by atoms with E-state index in [0.29, 0.717) is 6.42 Å². The minimum Gasteiger partial charge on any atom is -0.455 e. The molecule has 0 saturated carbocycles. The van der Waals surface area contributed by atoms with Gasteiger partial charge in [0.05, 0.1) is 36.0 Å². The fourth-order valence-electron chi connectivity index (χ4n) is 8.73. The highest BCUT2D eigenvalue weighted by Crippen LogP contribution is 2.41. The number of pyridine rings is 1. The Hall–Kier alpha value is -3.82. The molecular weight excluding hydrogens is 725 g/mol. The van der Waals surface area contributed by atoms with Gasteiger partial charge in [-0.15, -0.1) is 0 Å². The summed E-state index contributed by atoms with van der Waals surface area (Å²) in [5.74, 6) is -5.93. The number of ether oxygens (including phenoxy) is 5. The predicted octanol–water partition coefficient (Wildman–Crippen LogP) is 5.20. The van der Waals surface area contributed by atoms with Crippen molar-refractivity contribution in [2.24, 2.45) is 17.8 Å². The maximum Gasteiger partial charge on any atom is 0.408 e. The van der Waals surface area contributed by atoms with E-state index in [1.165, 1.54) is 13.8 Å². The summed E-state index contributed by atoms with van der Waals surface area (Å²) in [4.78, 5) is 61.6. The molecule has 0 spiro atoms. The lowest BCUT2D eigenvalue weighted by atomic mass is 9.73. The number of esters is 1. The Morgan fingerprint density at radius 2 is 1.77 bits per heavy atom. The van der Waals surface area contributed by atoms with Gasteiger partial charge in [0, 0.05) is 35.4 Å². The second-order valence-corrected chi connectivity index (χ2v) is 16.6. The summed E-state index contributed by atoms with van der Waals surface area (Å²) in [6.45, 7) is 12.3. The number of ketones is 2. The highest BCUT2D eigenvalue weighted by molar-refractivity contribution is 6.08. The zero-order valence-corrected chi connectivity index (χ0v) is 34.1. The van der Waals surface area contributed by atoms with Crippen molar-refractivity contribution in [3.63, 3.8) is 0 Å². The van der Waals surface area contributed by atoms with Crippen molar-refractivity contribution < 1.29 is 52.4 Å². The minimum absolute atomic E-state index is 0.0386. The number of cyclic esters (lactones) is 1. The number of rotatable bonds is 8. The normalized spacial score (nSPS) is 38.9. The van der Waals surface area contributed by atoms with Crippen molar-refractivity contribution in [1.82, 2.24) is 15.2 Å². The molecule has 3 fully saturated rings. The van der Waals surface area contributed by atoms with Gasteiger partial charge >= 0.3 is 12.1 Å². The average molecular weight is 784 g/mol. The first-order valence-electron chi connectivity index (χ1n) is 19.5. The number of halogens is 1. The molecule has 3 aliphatic rings. The highest BCUT2D eigenvalue weighted by atomic mass is 19.1. The van der Waals surface area contributed by atoms with E-state index >= 15 is 4.39 Å². The number of nitrogens with one attached hydrogen (secondary N) is 1. The maximum atomic E-state index is 16.9. The number of benzene rings is 1. The lowest BCUT2D eigenvalue weighted by molar-refractivity contribution is -0.297. The minimum atomic E-state index is -3.19. The molecule has 1 aromatic carbocycles.